The molecule has 1 aromatic carbocycles. The largest absolute Gasteiger partial charge is 0.710 e. The van der Waals surface area contributed by atoms with Crippen molar-refractivity contribution in [3.05, 3.63) is 55.0 Å². The molecule has 0 N–H and O–H groups in total. The van der Waals surface area contributed by atoms with Gasteiger partial charge in [-0.15, -0.1) is 0 Å². The summed E-state index contributed by atoms with van der Waals surface area (Å²) in [6, 6.07) is 2.91. The van der Waals surface area contributed by atoms with Crippen LogP contribution in [0.4, 0.5) is 11.4 Å². The van der Waals surface area contributed by atoms with Crippen LogP contribution in [0, 0.1) is 25.4 Å². The monoisotopic (exact) mass is 361 g/mol. The van der Waals surface area contributed by atoms with Gasteiger partial charge in [0.1, 0.15) is 11.2 Å². The number of rotatable bonds is 3. The number of nitrogens with zero attached hydrogens (tertiary/aromatic N) is 5. The van der Waals surface area contributed by atoms with Crippen LogP contribution in [-0.4, -0.2) is 20.0 Å². The van der Waals surface area contributed by atoms with Crippen molar-refractivity contribution in [2.24, 2.45) is 0 Å². The Morgan fingerprint density at radius 3 is 2.00 bits per heavy atom. The molecule has 136 valence electrons. The van der Waals surface area contributed by atoms with E-state index in [1.54, 1.807) is 27.7 Å². The fourth-order valence-electron chi connectivity index (χ4n) is 3.17. The Bertz CT molecular complexity index is 924. The Kier molecular flexibility index (Phi) is 3.65. The molecule has 11 heteroatoms. The number of nitro groups is 2. The van der Waals surface area contributed by atoms with Crippen LogP contribution in [0.15, 0.2) is 18.2 Å². The lowest BCUT2D eigenvalue weighted by Crippen LogP contribution is -2.42. The standard InChI is InChI=1S/C15H15N5O6/c1-14(2)11-12(15(3,4)26-14)18(21)13(17-16-11)8-5-9(19(22)23)7-10(6-8)20(24)25/h5-7H,1-4H3. The Labute approximate surface area is 147 Å². The van der Waals surface area contributed by atoms with E-state index in [-0.39, 0.29) is 17.1 Å². The van der Waals surface area contributed by atoms with Crippen molar-refractivity contribution in [3.63, 3.8) is 0 Å². The first kappa shape index (κ1) is 17.6. The number of benzene rings is 1. The molecule has 0 saturated heterocycles. The predicted molar refractivity (Wildman–Crippen MR) is 86.9 cm³/mol. The molecule has 0 aliphatic carbocycles. The zero-order valence-corrected chi connectivity index (χ0v) is 14.4. The van der Waals surface area contributed by atoms with Crippen LogP contribution in [0.1, 0.15) is 39.1 Å². The molecule has 1 aliphatic heterocycles. The molecule has 3 rings (SSSR count). The van der Waals surface area contributed by atoms with Crippen LogP contribution >= 0.6 is 0 Å². The molecule has 0 saturated carbocycles. The van der Waals surface area contributed by atoms with Crippen molar-refractivity contribution in [2.75, 3.05) is 0 Å². The normalized spacial score (nSPS) is 16.9. The lowest BCUT2D eigenvalue weighted by molar-refractivity contribution is -0.612. The Hall–Kier alpha value is -3.21. The molecule has 1 aromatic heterocycles. The van der Waals surface area contributed by atoms with E-state index in [9.17, 15) is 25.4 Å². The zero-order chi connectivity index (χ0) is 19.4. The number of nitro benzene ring substituents is 2. The second-order valence-electron chi connectivity index (χ2n) is 6.89. The number of aromatic nitrogens is 3. The molecule has 0 fully saturated rings. The Balaban J connectivity index is 2.27. The highest BCUT2D eigenvalue weighted by Crippen LogP contribution is 2.44. The van der Waals surface area contributed by atoms with Crippen LogP contribution in [0.25, 0.3) is 11.4 Å². The van der Waals surface area contributed by atoms with Gasteiger partial charge in [0.2, 0.25) is 0 Å². The number of fused-ring (bicyclic) bond motifs is 1. The first-order valence-electron chi connectivity index (χ1n) is 7.59. The van der Waals surface area contributed by atoms with E-state index in [1.165, 1.54) is 0 Å². The number of ether oxygens (including phenoxy) is 1. The van der Waals surface area contributed by atoms with Crippen LogP contribution in [0.2, 0.25) is 0 Å². The molecule has 2 aromatic rings. The molecule has 1 aliphatic rings. The number of hydrogen-bond donors (Lipinski definition) is 0. The molecule has 0 spiro atoms. The van der Waals surface area contributed by atoms with Crippen molar-refractivity contribution >= 4 is 11.4 Å². The van der Waals surface area contributed by atoms with E-state index in [1.807, 2.05) is 0 Å². The number of non-ortho nitro benzene ring substituents is 2. The minimum absolute atomic E-state index is 0.0725. The summed E-state index contributed by atoms with van der Waals surface area (Å²) < 4.78 is 6.33. The SMILES string of the molecule is CC1(C)OC(C)(C)c2c1nnc(-c1cc([N+](=O)[O-])cc([N+](=O)[O-])c1)[n+]2[O-]. The van der Waals surface area contributed by atoms with Crippen molar-refractivity contribution in [2.45, 2.75) is 38.9 Å². The van der Waals surface area contributed by atoms with Gasteiger partial charge in [-0.3, -0.25) is 20.2 Å². The minimum atomic E-state index is -0.974. The maximum Gasteiger partial charge on any atom is 0.361 e. The molecule has 0 unspecified atom stereocenters. The second-order valence-corrected chi connectivity index (χ2v) is 6.89. The summed E-state index contributed by atoms with van der Waals surface area (Å²) >= 11 is 0. The van der Waals surface area contributed by atoms with Crippen molar-refractivity contribution < 1.29 is 19.3 Å². The average molecular weight is 361 g/mol. The summed E-state index contributed by atoms with van der Waals surface area (Å²) in [5.41, 5.74) is -2.37. The van der Waals surface area contributed by atoms with Gasteiger partial charge in [-0.05, 0) is 32.8 Å². The first-order valence-corrected chi connectivity index (χ1v) is 7.59. The van der Waals surface area contributed by atoms with Crippen LogP contribution in [0.5, 0.6) is 0 Å². The van der Waals surface area contributed by atoms with Crippen molar-refractivity contribution in [1.29, 1.82) is 0 Å². The van der Waals surface area contributed by atoms with Crippen LogP contribution in [-0.2, 0) is 15.9 Å². The highest BCUT2D eigenvalue weighted by molar-refractivity contribution is 5.62. The van der Waals surface area contributed by atoms with Crippen molar-refractivity contribution in [3.8, 4) is 11.4 Å². The topological polar surface area (TPSA) is 148 Å². The van der Waals surface area contributed by atoms with Gasteiger partial charge in [0.25, 0.3) is 11.4 Å². The fraction of sp³-hybridized carbons (Fsp3) is 0.400. The van der Waals surface area contributed by atoms with E-state index in [0.717, 1.165) is 18.2 Å². The Morgan fingerprint density at radius 2 is 1.50 bits per heavy atom. The molecule has 2 heterocycles. The Morgan fingerprint density at radius 1 is 0.962 bits per heavy atom. The third kappa shape index (κ3) is 2.62. The molecular formula is C15H15N5O6. The lowest BCUT2D eigenvalue weighted by atomic mass is 10.0. The summed E-state index contributed by atoms with van der Waals surface area (Å²) in [5.74, 6) is -0.273. The summed E-state index contributed by atoms with van der Waals surface area (Å²) in [5, 5.41) is 43.0. The van der Waals surface area contributed by atoms with E-state index in [2.05, 4.69) is 10.2 Å². The van der Waals surface area contributed by atoms with Crippen molar-refractivity contribution in [1.82, 2.24) is 10.2 Å². The van der Waals surface area contributed by atoms with Crippen LogP contribution < -0.4 is 4.73 Å². The minimum Gasteiger partial charge on any atom is -0.710 e. The lowest BCUT2D eigenvalue weighted by Gasteiger charge is -2.23. The van der Waals surface area contributed by atoms with Gasteiger partial charge in [-0.25, -0.2) is 4.73 Å². The van der Waals surface area contributed by atoms with Gasteiger partial charge in [-0.1, -0.05) is 0 Å². The first-order chi connectivity index (χ1) is 11.9. The highest BCUT2D eigenvalue weighted by atomic mass is 16.6. The zero-order valence-electron chi connectivity index (χ0n) is 14.4. The molecule has 0 amide bonds. The van der Waals surface area contributed by atoms with E-state index >= 15 is 0 Å². The maximum absolute atomic E-state index is 12.9. The highest BCUT2D eigenvalue weighted by Gasteiger charge is 2.50. The van der Waals surface area contributed by atoms with E-state index in [4.69, 9.17) is 4.74 Å². The van der Waals surface area contributed by atoms with Gasteiger partial charge in [0.15, 0.2) is 11.4 Å². The summed E-state index contributed by atoms with van der Waals surface area (Å²) in [7, 11) is 0. The molecule has 26 heavy (non-hydrogen) atoms. The summed E-state index contributed by atoms with van der Waals surface area (Å²) in [6.45, 7) is 6.87. The summed E-state index contributed by atoms with van der Waals surface area (Å²) in [4.78, 5) is 20.6. The quantitative estimate of drug-likeness (QED) is 0.349. The van der Waals surface area contributed by atoms with Gasteiger partial charge in [0.05, 0.1) is 26.6 Å². The maximum atomic E-state index is 12.9. The molecule has 0 radical (unpaired) electrons. The molecular weight excluding hydrogens is 346 g/mol. The van der Waals surface area contributed by atoms with Gasteiger partial charge in [-0.2, -0.15) is 0 Å². The average Bonchev–Trinajstić information content (AvgIpc) is 2.72. The molecule has 0 atom stereocenters. The van der Waals surface area contributed by atoms with E-state index in [0.29, 0.717) is 10.4 Å². The third-order valence-corrected chi connectivity index (χ3v) is 4.10. The van der Waals surface area contributed by atoms with E-state index < -0.39 is 32.4 Å². The smallest absolute Gasteiger partial charge is 0.361 e. The third-order valence-electron chi connectivity index (χ3n) is 4.10. The summed E-state index contributed by atoms with van der Waals surface area (Å²) in [6.07, 6.45) is 0. The number of hydrogen-bond acceptors (Lipinski definition) is 8. The van der Waals surface area contributed by atoms with Gasteiger partial charge < -0.3 is 9.94 Å². The van der Waals surface area contributed by atoms with Gasteiger partial charge in [0, 0.05) is 12.1 Å². The fourth-order valence-corrected chi connectivity index (χ4v) is 3.17. The molecule has 0 bridgehead atoms. The molecule has 11 nitrogen and oxygen atoms in total. The predicted octanol–water partition coefficient (Wildman–Crippen LogP) is 2.09. The second kappa shape index (κ2) is 5.39. The van der Waals surface area contributed by atoms with Gasteiger partial charge >= 0.3 is 5.82 Å². The van der Waals surface area contributed by atoms with Crippen LogP contribution in [0.3, 0.4) is 0 Å².